The predicted octanol–water partition coefficient (Wildman–Crippen LogP) is 2.71. The minimum Gasteiger partial charge on any atom is -0.490 e. The number of hydrogen-bond acceptors (Lipinski definition) is 1. The van der Waals surface area contributed by atoms with Gasteiger partial charge in [-0.2, -0.15) is 0 Å². The molecule has 0 aliphatic carbocycles. The van der Waals surface area contributed by atoms with E-state index in [0.29, 0.717) is 18.3 Å². The lowest BCUT2D eigenvalue weighted by molar-refractivity contribution is 0.258. The topological polar surface area (TPSA) is 9.23 Å². The van der Waals surface area contributed by atoms with E-state index < -0.39 is 0 Å². The molecule has 1 aromatic rings. The molecule has 0 fully saturated rings. The van der Waals surface area contributed by atoms with Crippen LogP contribution in [0.2, 0.25) is 0 Å². The van der Waals surface area contributed by atoms with Gasteiger partial charge < -0.3 is 4.74 Å². The number of fused-ring (bicyclic) bond motifs is 1. The first-order chi connectivity index (χ1) is 5.79. The molecule has 0 saturated heterocycles. The van der Waals surface area contributed by atoms with Gasteiger partial charge in [0.05, 0.1) is 6.61 Å². The van der Waals surface area contributed by atoms with E-state index in [2.05, 4.69) is 6.92 Å². The number of rotatable bonds is 0. The molecule has 1 heterocycles. The maximum atomic E-state index is 13.1. The Kier molecular flexibility index (Phi) is 1.75. The molecular formula is C10H11FO. The Bertz CT molecular complexity index is 296. The van der Waals surface area contributed by atoms with Crippen LogP contribution in [0.4, 0.5) is 4.39 Å². The van der Waals surface area contributed by atoms with E-state index >= 15 is 0 Å². The summed E-state index contributed by atoms with van der Waals surface area (Å²) in [6.07, 6.45) is 0.983. The van der Waals surface area contributed by atoms with Gasteiger partial charge in [-0.25, -0.2) is 4.39 Å². The molecular weight excluding hydrogens is 155 g/mol. The van der Waals surface area contributed by atoms with Gasteiger partial charge in [0.2, 0.25) is 0 Å². The number of halogens is 1. The van der Waals surface area contributed by atoms with Gasteiger partial charge in [-0.15, -0.1) is 0 Å². The van der Waals surface area contributed by atoms with Crippen molar-refractivity contribution in [2.45, 2.75) is 19.3 Å². The number of hydrogen-bond donors (Lipinski definition) is 0. The second kappa shape index (κ2) is 2.77. The number of ether oxygens (including phenoxy) is 1. The third-order valence-electron chi connectivity index (χ3n) is 2.33. The normalized spacial score (nSPS) is 21.3. The lowest BCUT2D eigenvalue weighted by atomic mass is 9.95. The number of benzene rings is 1. The summed E-state index contributed by atoms with van der Waals surface area (Å²) in [7, 11) is 0. The fourth-order valence-corrected chi connectivity index (χ4v) is 1.56. The van der Waals surface area contributed by atoms with Crippen LogP contribution in [0.15, 0.2) is 18.2 Å². The fraction of sp³-hybridized carbons (Fsp3) is 0.400. The van der Waals surface area contributed by atoms with Crippen LogP contribution in [0.1, 0.15) is 24.8 Å². The van der Waals surface area contributed by atoms with Gasteiger partial charge in [0.15, 0.2) is 11.6 Å². The second-order valence-corrected chi connectivity index (χ2v) is 3.20. The third-order valence-corrected chi connectivity index (χ3v) is 2.33. The predicted molar refractivity (Wildman–Crippen MR) is 44.9 cm³/mol. The highest BCUT2D eigenvalue weighted by atomic mass is 19.1. The molecule has 0 aromatic heterocycles. The Morgan fingerprint density at radius 2 is 2.33 bits per heavy atom. The molecule has 0 amide bonds. The van der Waals surface area contributed by atoms with Crippen LogP contribution in [0.25, 0.3) is 0 Å². The molecule has 12 heavy (non-hydrogen) atoms. The van der Waals surface area contributed by atoms with Crippen LogP contribution in [0, 0.1) is 5.82 Å². The second-order valence-electron chi connectivity index (χ2n) is 3.20. The quantitative estimate of drug-likeness (QED) is 0.575. The van der Waals surface area contributed by atoms with E-state index in [1.165, 1.54) is 6.07 Å². The van der Waals surface area contributed by atoms with E-state index in [-0.39, 0.29) is 5.82 Å². The van der Waals surface area contributed by atoms with Gasteiger partial charge in [-0.1, -0.05) is 19.1 Å². The summed E-state index contributed by atoms with van der Waals surface area (Å²) in [6, 6.07) is 5.11. The van der Waals surface area contributed by atoms with Crippen LogP contribution in [0.5, 0.6) is 5.75 Å². The van der Waals surface area contributed by atoms with Crippen LogP contribution in [0.3, 0.4) is 0 Å². The molecule has 0 N–H and O–H groups in total. The van der Waals surface area contributed by atoms with E-state index in [4.69, 9.17) is 4.74 Å². The van der Waals surface area contributed by atoms with Gasteiger partial charge in [0.25, 0.3) is 0 Å². The Morgan fingerprint density at radius 1 is 1.50 bits per heavy atom. The zero-order valence-corrected chi connectivity index (χ0v) is 7.01. The zero-order chi connectivity index (χ0) is 8.55. The Labute approximate surface area is 71.2 Å². The summed E-state index contributed by atoms with van der Waals surface area (Å²) in [6.45, 7) is 2.73. The van der Waals surface area contributed by atoms with E-state index in [0.717, 1.165) is 12.0 Å². The van der Waals surface area contributed by atoms with Crippen molar-refractivity contribution >= 4 is 0 Å². The fourth-order valence-electron chi connectivity index (χ4n) is 1.56. The molecule has 2 rings (SSSR count). The summed E-state index contributed by atoms with van der Waals surface area (Å²) < 4.78 is 18.4. The maximum Gasteiger partial charge on any atom is 0.165 e. The van der Waals surface area contributed by atoms with Gasteiger partial charge in [0, 0.05) is 5.56 Å². The Morgan fingerprint density at radius 3 is 3.08 bits per heavy atom. The molecule has 1 atom stereocenters. The Balaban J connectivity index is 2.52. The van der Waals surface area contributed by atoms with E-state index in [9.17, 15) is 4.39 Å². The Hall–Kier alpha value is -1.05. The first kappa shape index (κ1) is 7.59. The minimum absolute atomic E-state index is 0.237. The monoisotopic (exact) mass is 166 g/mol. The zero-order valence-electron chi connectivity index (χ0n) is 7.01. The number of para-hydroxylation sites is 1. The third kappa shape index (κ3) is 1.07. The molecule has 0 unspecified atom stereocenters. The summed E-state index contributed by atoms with van der Waals surface area (Å²) in [4.78, 5) is 0. The average molecular weight is 166 g/mol. The first-order valence-electron chi connectivity index (χ1n) is 4.20. The van der Waals surface area contributed by atoms with Crippen molar-refractivity contribution in [2.24, 2.45) is 0 Å². The molecule has 0 spiro atoms. The molecule has 1 aromatic carbocycles. The lowest BCUT2D eigenvalue weighted by Crippen LogP contribution is -2.12. The van der Waals surface area contributed by atoms with Crippen molar-refractivity contribution in [3.05, 3.63) is 29.6 Å². The largest absolute Gasteiger partial charge is 0.490 e. The summed E-state index contributed by atoms with van der Waals surface area (Å²) >= 11 is 0. The van der Waals surface area contributed by atoms with Gasteiger partial charge in [-0.3, -0.25) is 0 Å². The van der Waals surface area contributed by atoms with Gasteiger partial charge in [-0.05, 0) is 18.4 Å². The molecule has 2 heteroatoms. The molecule has 0 radical (unpaired) electrons. The van der Waals surface area contributed by atoms with E-state index in [1.54, 1.807) is 6.07 Å². The van der Waals surface area contributed by atoms with Crippen LogP contribution >= 0.6 is 0 Å². The SMILES string of the molecule is C[C@H]1CCOc2c(F)cccc21. The van der Waals surface area contributed by atoms with Crippen LogP contribution < -0.4 is 4.74 Å². The van der Waals surface area contributed by atoms with Crippen molar-refractivity contribution < 1.29 is 9.13 Å². The highest BCUT2D eigenvalue weighted by Gasteiger charge is 2.19. The van der Waals surface area contributed by atoms with Crippen LogP contribution in [-0.2, 0) is 0 Å². The maximum absolute atomic E-state index is 13.1. The van der Waals surface area contributed by atoms with E-state index in [1.807, 2.05) is 6.07 Å². The highest BCUT2D eigenvalue weighted by Crippen LogP contribution is 2.34. The lowest BCUT2D eigenvalue weighted by Gasteiger charge is -2.22. The average Bonchev–Trinajstić information content (AvgIpc) is 2.07. The van der Waals surface area contributed by atoms with Gasteiger partial charge in [0.1, 0.15) is 0 Å². The van der Waals surface area contributed by atoms with Crippen molar-refractivity contribution in [3.63, 3.8) is 0 Å². The summed E-state index contributed by atoms with van der Waals surface area (Å²) in [5.74, 6) is 0.639. The standard InChI is InChI=1S/C10H11FO/c1-7-5-6-12-10-8(7)3-2-4-9(10)11/h2-4,7H,5-6H2,1H3/t7-/m0/s1. The molecule has 1 aliphatic rings. The molecule has 1 nitrogen and oxygen atoms in total. The van der Waals surface area contributed by atoms with Crippen molar-refractivity contribution in [1.82, 2.24) is 0 Å². The molecule has 0 bridgehead atoms. The van der Waals surface area contributed by atoms with Crippen molar-refractivity contribution in [1.29, 1.82) is 0 Å². The first-order valence-corrected chi connectivity index (χ1v) is 4.20. The summed E-state index contributed by atoms with van der Waals surface area (Å²) in [5.41, 5.74) is 1.00. The minimum atomic E-state index is -0.237. The van der Waals surface area contributed by atoms with Crippen molar-refractivity contribution in [3.8, 4) is 5.75 Å². The molecule has 1 aliphatic heterocycles. The summed E-state index contributed by atoms with van der Waals surface area (Å²) in [5, 5.41) is 0. The molecule has 64 valence electrons. The highest BCUT2D eigenvalue weighted by molar-refractivity contribution is 5.38. The van der Waals surface area contributed by atoms with Gasteiger partial charge >= 0.3 is 0 Å². The molecule has 0 saturated carbocycles. The smallest absolute Gasteiger partial charge is 0.165 e. The van der Waals surface area contributed by atoms with Crippen molar-refractivity contribution in [2.75, 3.05) is 6.61 Å². The van der Waals surface area contributed by atoms with Crippen LogP contribution in [-0.4, -0.2) is 6.61 Å².